The zero-order chi connectivity index (χ0) is 12.8. The van der Waals surface area contributed by atoms with Gasteiger partial charge in [-0.05, 0) is 0 Å². The van der Waals surface area contributed by atoms with Gasteiger partial charge in [0, 0.05) is 11.1 Å². The molecule has 2 aromatic carbocycles. The van der Waals surface area contributed by atoms with Crippen molar-refractivity contribution < 1.29 is 4.79 Å². The average molecular weight is 239 g/mol. The van der Waals surface area contributed by atoms with Gasteiger partial charge in [-0.1, -0.05) is 65.6 Å². The molecule has 0 N–H and O–H groups in total. The van der Waals surface area contributed by atoms with Crippen molar-refractivity contribution in [2.45, 2.75) is 20.0 Å². The number of hydrogen-bond acceptors (Lipinski definition) is 1. The average Bonchev–Trinajstić information content (AvgIpc) is 2.40. The zero-order valence-corrected chi connectivity index (χ0v) is 10.5. The fraction of sp³-hybridized carbons (Fsp3) is 0.188. The Balaban J connectivity index is 2.08. The van der Waals surface area contributed by atoms with Crippen LogP contribution >= 0.6 is 0 Å². The molecule has 0 heterocycles. The molecule has 0 spiro atoms. The molecule has 0 aliphatic carbocycles. The number of carbonyl (C=O) groups is 1. The minimum absolute atomic E-state index is 0.0997. The van der Waals surface area contributed by atoms with Gasteiger partial charge in [-0.25, -0.2) is 4.79 Å². The molecule has 0 aliphatic rings. The van der Waals surface area contributed by atoms with Gasteiger partial charge in [0.2, 0.25) is 0 Å². The molecule has 1 amide bonds. The highest BCUT2D eigenvalue weighted by Gasteiger charge is 2.22. The summed E-state index contributed by atoms with van der Waals surface area (Å²) in [5.41, 5.74) is 2.31. The van der Waals surface area contributed by atoms with Crippen LogP contribution in [0.3, 0.4) is 0 Å². The first-order chi connectivity index (χ1) is 8.75. The molecule has 91 valence electrons. The van der Waals surface area contributed by atoms with Crippen molar-refractivity contribution in [1.29, 1.82) is 0 Å². The van der Waals surface area contributed by atoms with Crippen LogP contribution in [0.5, 0.6) is 0 Å². The van der Waals surface area contributed by atoms with E-state index in [1.54, 1.807) is 6.92 Å². The predicted octanol–water partition coefficient (Wildman–Crippen LogP) is 3.07. The van der Waals surface area contributed by atoms with E-state index in [9.17, 15) is 4.79 Å². The lowest BCUT2D eigenvalue weighted by Crippen LogP contribution is -2.33. The smallest absolute Gasteiger partial charge is 0.226 e. The second kappa shape index (κ2) is 6.12. The van der Waals surface area contributed by atoms with Gasteiger partial charge < -0.3 is 0 Å². The van der Waals surface area contributed by atoms with Gasteiger partial charge in [0.1, 0.15) is 0 Å². The number of amides is 1. The first-order valence-electron chi connectivity index (χ1n) is 6.09. The first-order valence-corrected chi connectivity index (χ1v) is 6.09. The summed E-state index contributed by atoms with van der Waals surface area (Å²) in [6, 6.07) is 20.1. The van der Waals surface area contributed by atoms with Crippen LogP contribution in [-0.4, -0.2) is 5.91 Å². The minimum atomic E-state index is 0.0997. The Labute approximate surface area is 108 Å². The fourth-order valence-corrected chi connectivity index (χ4v) is 1.89. The van der Waals surface area contributed by atoms with E-state index in [4.69, 9.17) is 0 Å². The maximum absolute atomic E-state index is 11.7. The lowest BCUT2D eigenvalue weighted by Gasteiger charge is -2.08. The van der Waals surface area contributed by atoms with E-state index in [1.165, 1.54) is 0 Å². The summed E-state index contributed by atoms with van der Waals surface area (Å²) in [7, 11) is 0. The second-order valence-corrected chi connectivity index (χ2v) is 4.35. The summed E-state index contributed by atoms with van der Waals surface area (Å²) >= 11 is 0. The Morgan fingerprint density at radius 1 is 0.833 bits per heavy atom. The molecule has 0 saturated carbocycles. The first kappa shape index (κ1) is 12.5. The molecule has 0 atom stereocenters. The number of carbonyl (C=O) groups excluding carboxylic acids is 1. The lowest BCUT2D eigenvalue weighted by molar-refractivity contribution is -0.124. The molecule has 18 heavy (non-hydrogen) atoms. The summed E-state index contributed by atoms with van der Waals surface area (Å²) in [6.45, 7) is 2.93. The summed E-state index contributed by atoms with van der Waals surface area (Å²) in [5, 5.41) is 0. The molecule has 0 fully saturated rings. The van der Waals surface area contributed by atoms with Crippen molar-refractivity contribution in [2.24, 2.45) is 0 Å². The van der Waals surface area contributed by atoms with Gasteiger partial charge in [-0.15, -0.1) is 0 Å². The summed E-state index contributed by atoms with van der Waals surface area (Å²) < 4.78 is 0. The molecule has 0 unspecified atom stereocenters. The molecule has 0 bridgehead atoms. The van der Waals surface area contributed by atoms with Gasteiger partial charge >= 0.3 is 5.91 Å². The highest BCUT2D eigenvalue weighted by molar-refractivity contribution is 5.75. The number of nitrogens with zero attached hydrogens (tertiary/aromatic N) is 1. The Morgan fingerprint density at radius 2 is 1.22 bits per heavy atom. The lowest BCUT2D eigenvalue weighted by atomic mass is 10.1. The second-order valence-electron chi connectivity index (χ2n) is 4.35. The van der Waals surface area contributed by atoms with E-state index in [0.29, 0.717) is 13.1 Å². The molecular formula is C16H17NO+. The van der Waals surface area contributed by atoms with Crippen LogP contribution in [0.2, 0.25) is 0 Å². The highest BCUT2D eigenvalue weighted by Crippen LogP contribution is 2.07. The van der Waals surface area contributed by atoms with E-state index in [2.05, 4.69) is 0 Å². The SMILES string of the molecule is CC(=O)[N+](Cc1ccccc1)Cc1ccccc1. The van der Waals surface area contributed by atoms with E-state index in [1.807, 2.05) is 65.6 Å². The predicted molar refractivity (Wildman–Crippen MR) is 73.1 cm³/mol. The van der Waals surface area contributed by atoms with Crippen LogP contribution in [0.25, 0.3) is 0 Å². The number of hydrogen-bond donors (Lipinski definition) is 0. The quantitative estimate of drug-likeness (QED) is 0.752. The van der Waals surface area contributed by atoms with Crippen LogP contribution < -0.4 is 4.90 Å². The van der Waals surface area contributed by atoms with Crippen molar-refractivity contribution in [3.63, 3.8) is 0 Å². The van der Waals surface area contributed by atoms with Crippen molar-refractivity contribution in [3.05, 3.63) is 71.8 Å². The third kappa shape index (κ3) is 3.54. The Morgan fingerprint density at radius 3 is 1.56 bits per heavy atom. The molecule has 2 nitrogen and oxygen atoms in total. The topological polar surface area (TPSA) is 23.0 Å². The van der Waals surface area contributed by atoms with Gasteiger partial charge in [-0.3, -0.25) is 0 Å². The third-order valence-corrected chi connectivity index (χ3v) is 2.88. The standard InChI is InChI=1S/C16H17NO/c1-14(18)17(12-15-8-4-2-5-9-15)13-16-10-6-3-7-11-16/h2-11H,12-13H2,1H3/q+1. The molecule has 2 heteroatoms. The zero-order valence-electron chi connectivity index (χ0n) is 10.5. The molecular weight excluding hydrogens is 222 g/mol. The Hall–Kier alpha value is -1.93. The van der Waals surface area contributed by atoms with Crippen LogP contribution in [0.1, 0.15) is 18.1 Å². The van der Waals surface area contributed by atoms with Crippen LogP contribution in [0.4, 0.5) is 0 Å². The highest BCUT2D eigenvalue weighted by atomic mass is 16.2. The fourth-order valence-electron chi connectivity index (χ4n) is 1.89. The van der Waals surface area contributed by atoms with E-state index >= 15 is 0 Å². The third-order valence-electron chi connectivity index (χ3n) is 2.88. The van der Waals surface area contributed by atoms with Crippen LogP contribution in [0, 0.1) is 0 Å². The summed E-state index contributed by atoms with van der Waals surface area (Å²) in [5.74, 6) is 0.0997. The molecule has 0 aromatic heterocycles. The summed E-state index contributed by atoms with van der Waals surface area (Å²) in [4.78, 5) is 13.5. The van der Waals surface area contributed by atoms with E-state index in [-0.39, 0.29) is 5.91 Å². The van der Waals surface area contributed by atoms with Gasteiger partial charge in [0.05, 0.1) is 6.92 Å². The van der Waals surface area contributed by atoms with Crippen molar-refractivity contribution in [2.75, 3.05) is 0 Å². The number of rotatable bonds is 4. The maximum Gasteiger partial charge on any atom is 0.358 e. The molecule has 0 saturated heterocycles. The van der Waals surface area contributed by atoms with Crippen LogP contribution in [0.15, 0.2) is 60.7 Å². The van der Waals surface area contributed by atoms with E-state index < -0.39 is 0 Å². The van der Waals surface area contributed by atoms with Gasteiger partial charge in [0.15, 0.2) is 13.1 Å². The largest absolute Gasteiger partial charge is 0.358 e. The maximum atomic E-state index is 11.7. The molecule has 2 rings (SSSR count). The molecule has 2 aromatic rings. The Bertz CT molecular complexity index is 452. The van der Waals surface area contributed by atoms with Crippen molar-refractivity contribution >= 4 is 5.91 Å². The summed E-state index contributed by atoms with van der Waals surface area (Å²) in [6.07, 6.45) is 0. The molecule has 1 radical (unpaired) electrons. The van der Waals surface area contributed by atoms with Gasteiger partial charge in [-0.2, -0.15) is 0 Å². The number of benzene rings is 2. The monoisotopic (exact) mass is 239 g/mol. The normalized spacial score (nSPS) is 10.6. The van der Waals surface area contributed by atoms with Crippen LogP contribution in [-0.2, 0) is 17.9 Å². The minimum Gasteiger partial charge on any atom is -0.226 e. The van der Waals surface area contributed by atoms with Gasteiger partial charge in [0.25, 0.3) is 0 Å². The van der Waals surface area contributed by atoms with Crippen molar-refractivity contribution in [1.82, 2.24) is 4.90 Å². The van der Waals surface area contributed by atoms with Crippen molar-refractivity contribution in [3.8, 4) is 0 Å². The molecule has 0 aliphatic heterocycles. The Kier molecular flexibility index (Phi) is 4.26. The van der Waals surface area contributed by atoms with E-state index in [0.717, 1.165) is 11.1 Å².